The molecule has 0 aromatic heterocycles. The molecule has 0 saturated carbocycles. The lowest BCUT2D eigenvalue weighted by Gasteiger charge is -2.36. The molecule has 0 amide bonds. The molecule has 32 heavy (non-hydrogen) atoms. The van der Waals surface area contributed by atoms with Crippen molar-refractivity contribution >= 4 is 21.7 Å². The third-order valence-electron chi connectivity index (χ3n) is 5.32. The highest BCUT2D eigenvalue weighted by Gasteiger charge is 2.37. The second-order valence-corrected chi connectivity index (χ2v) is 9.78. The fourth-order valence-corrected chi connectivity index (χ4v) is 4.27. The smallest absolute Gasteiger partial charge is 0.264 e. The van der Waals surface area contributed by atoms with Gasteiger partial charge in [-0.25, -0.2) is 0 Å². The second kappa shape index (κ2) is 10.9. The predicted octanol–water partition coefficient (Wildman–Crippen LogP) is 2.13. The van der Waals surface area contributed by atoms with E-state index in [0.29, 0.717) is 17.2 Å². The number of rotatable bonds is 9. The number of hydrogen-bond donors (Lipinski definition) is 4. The van der Waals surface area contributed by atoms with Crippen molar-refractivity contribution in [2.45, 2.75) is 43.7 Å². The van der Waals surface area contributed by atoms with Crippen LogP contribution in [0.1, 0.15) is 35.6 Å². The quantitative estimate of drug-likeness (QED) is 0.313. The average Bonchev–Trinajstić information content (AvgIpc) is 2.75. The van der Waals surface area contributed by atoms with Crippen molar-refractivity contribution in [1.29, 1.82) is 0 Å². The van der Waals surface area contributed by atoms with Crippen LogP contribution in [0.15, 0.2) is 42.5 Å². The van der Waals surface area contributed by atoms with Gasteiger partial charge in [-0.1, -0.05) is 35.9 Å². The Morgan fingerprint density at radius 2 is 1.84 bits per heavy atom. The summed E-state index contributed by atoms with van der Waals surface area (Å²) in [7, 11) is -3.99. The van der Waals surface area contributed by atoms with E-state index in [9.17, 15) is 23.7 Å². The zero-order chi connectivity index (χ0) is 23.3. The van der Waals surface area contributed by atoms with Crippen molar-refractivity contribution in [3.63, 3.8) is 0 Å². The Balaban J connectivity index is 1.64. The SMILES string of the molecule is O=S(=O)(O)CCCOc1ccc(Cc2cc([C@H]3C[C@@H](O)[C@H](O)[C@@H](CO)O3)ccc2Cl)cc1. The van der Waals surface area contributed by atoms with Gasteiger partial charge in [0.2, 0.25) is 0 Å². The Labute approximate surface area is 192 Å². The molecule has 3 rings (SSSR count). The maximum Gasteiger partial charge on any atom is 0.264 e. The lowest BCUT2D eigenvalue weighted by atomic mass is 9.92. The maximum atomic E-state index is 10.7. The van der Waals surface area contributed by atoms with Crippen molar-refractivity contribution < 1.29 is 37.8 Å². The van der Waals surface area contributed by atoms with Crippen molar-refractivity contribution in [2.75, 3.05) is 19.0 Å². The van der Waals surface area contributed by atoms with Gasteiger partial charge < -0.3 is 24.8 Å². The van der Waals surface area contributed by atoms with Crippen LogP contribution in [-0.4, -0.2) is 65.6 Å². The van der Waals surface area contributed by atoms with Crippen LogP contribution in [0.3, 0.4) is 0 Å². The molecule has 4 atom stereocenters. The van der Waals surface area contributed by atoms with E-state index < -0.39 is 34.5 Å². The largest absolute Gasteiger partial charge is 0.494 e. The van der Waals surface area contributed by atoms with Gasteiger partial charge in [0.05, 0.1) is 31.2 Å². The molecule has 0 unspecified atom stereocenters. The summed E-state index contributed by atoms with van der Waals surface area (Å²) in [6, 6.07) is 12.8. The summed E-state index contributed by atoms with van der Waals surface area (Å²) >= 11 is 6.38. The van der Waals surface area contributed by atoms with Gasteiger partial charge in [0.15, 0.2) is 0 Å². The highest BCUT2D eigenvalue weighted by atomic mass is 35.5. The minimum atomic E-state index is -3.99. The maximum absolute atomic E-state index is 10.7. The second-order valence-electron chi connectivity index (χ2n) is 7.80. The van der Waals surface area contributed by atoms with E-state index in [2.05, 4.69) is 0 Å². The topological polar surface area (TPSA) is 134 Å². The van der Waals surface area contributed by atoms with E-state index in [4.69, 9.17) is 25.6 Å². The van der Waals surface area contributed by atoms with E-state index >= 15 is 0 Å². The predicted molar refractivity (Wildman–Crippen MR) is 119 cm³/mol. The molecule has 176 valence electrons. The lowest BCUT2D eigenvalue weighted by Crippen LogP contribution is -2.47. The van der Waals surface area contributed by atoms with Crippen LogP contribution in [0.25, 0.3) is 0 Å². The molecule has 1 fully saturated rings. The van der Waals surface area contributed by atoms with E-state index in [-0.39, 0.29) is 31.8 Å². The Morgan fingerprint density at radius 1 is 1.12 bits per heavy atom. The van der Waals surface area contributed by atoms with Crippen molar-refractivity contribution in [3.8, 4) is 5.75 Å². The molecule has 1 aliphatic rings. The molecule has 0 bridgehead atoms. The number of benzene rings is 2. The van der Waals surface area contributed by atoms with Crippen LogP contribution < -0.4 is 4.74 Å². The van der Waals surface area contributed by atoms with Gasteiger partial charge in [-0.15, -0.1) is 0 Å². The molecule has 0 radical (unpaired) electrons. The van der Waals surface area contributed by atoms with Crippen molar-refractivity contribution in [1.82, 2.24) is 0 Å². The van der Waals surface area contributed by atoms with Gasteiger partial charge in [0.1, 0.15) is 18.0 Å². The van der Waals surface area contributed by atoms with Gasteiger partial charge in [-0.05, 0) is 47.7 Å². The molecule has 2 aromatic carbocycles. The number of aliphatic hydroxyl groups is 3. The first-order chi connectivity index (χ1) is 15.2. The molecule has 1 heterocycles. The first kappa shape index (κ1) is 24.9. The Morgan fingerprint density at radius 3 is 2.50 bits per heavy atom. The Bertz CT molecular complexity index is 995. The van der Waals surface area contributed by atoms with E-state index in [1.807, 2.05) is 18.2 Å². The fraction of sp³-hybridized carbons (Fsp3) is 0.455. The normalized spacial score (nSPS) is 23.8. The van der Waals surface area contributed by atoms with Crippen molar-refractivity contribution in [3.05, 3.63) is 64.2 Å². The molecule has 0 spiro atoms. The van der Waals surface area contributed by atoms with Crippen LogP contribution >= 0.6 is 11.6 Å². The fourth-order valence-electron chi connectivity index (χ4n) is 3.60. The monoisotopic (exact) mass is 486 g/mol. The average molecular weight is 487 g/mol. The number of halogens is 1. The summed E-state index contributed by atoms with van der Waals surface area (Å²) < 4.78 is 41.4. The lowest BCUT2D eigenvalue weighted by molar-refractivity contribution is -0.181. The summed E-state index contributed by atoms with van der Waals surface area (Å²) in [5.74, 6) is 0.238. The summed E-state index contributed by atoms with van der Waals surface area (Å²) in [5.41, 5.74) is 2.63. The van der Waals surface area contributed by atoms with E-state index in [1.54, 1.807) is 24.3 Å². The Hall–Kier alpha value is -1.72. The highest BCUT2D eigenvalue weighted by Crippen LogP contribution is 2.34. The van der Waals surface area contributed by atoms with Crippen LogP contribution in [0.2, 0.25) is 5.02 Å². The summed E-state index contributed by atoms with van der Waals surface area (Å²) in [6.45, 7) is -0.219. The summed E-state index contributed by atoms with van der Waals surface area (Å²) in [6.07, 6.45) is -2.51. The summed E-state index contributed by atoms with van der Waals surface area (Å²) in [5, 5.41) is 30.0. The van der Waals surface area contributed by atoms with Crippen LogP contribution in [0, 0.1) is 0 Å². The minimum Gasteiger partial charge on any atom is -0.494 e. The zero-order valence-electron chi connectivity index (χ0n) is 17.3. The van der Waals surface area contributed by atoms with E-state index in [0.717, 1.165) is 16.7 Å². The molecule has 4 N–H and O–H groups in total. The molecule has 1 aliphatic heterocycles. The molecule has 0 aliphatic carbocycles. The van der Waals surface area contributed by atoms with Gasteiger partial charge in [0.25, 0.3) is 10.1 Å². The zero-order valence-corrected chi connectivity index (χ0v) is 18.9. The van der Waals surface area contributed by atoms with Gasteiger partial charge >= 0.3 is 0 Å². The van der Waals surface area contributed by atoms with Gasteiger partial charge in [-0.3, -0.25) is 4.55 Å². The molecule has 2 aromatic rings. The molecule has 10 heteroatoms. The van der Waals surface area contributed by atoms with Crippen LogP contribution in [0.5, 0.6) is 5.75 Å². The molecule has 1 saturated heterocycles. The highest BCUT2D eigenvalue weighted by molar-refractivity contribution is 7.85. The van der Waals surface area contributed by atoms with Crippen molar-refractivity contribution in [2.24, 2.45) is 0 Å². The number of aliphatic hydroxyl groups excluding tert-OH is 3. The first-order valence-electron chi connectivity index (χ1n) is 10.2. The number of hydrogen-bond acceptors (Lipinski definition) is 7. The summed E-state index contributed by atoms with van der Waals surface area (Å²) in [4.78, 5) is 0. The first-order valence-corrected chi connectivity index (χ1v) is 12.2. The third-order valence-corrected chi connectivity index (χ3v) is 6.50. The standard InChI is InChI=1S/C22H27ClO8S/c23-18-7-4-15(20-12-19(25)22(26)21(13-24)31-20)11-16(18)10-14-2-5-17(6-3-14)30-8-1-9-32(27,28)29/h2-7,11,19-22,24-26H,1,8-10,12-13H2,(H,27,28,29)/t19-,20-,21-,22+/m1/s1. The van der Waals surface area contributed by atoms with Crippen LogP contribution in [-0.2, 0) is 21.3 Å². The van der Waals surface area contributed by atoms with E-state index in [1.165, 1.54) is 0 Å². The molecular weight excluding hydrogens is 460 g/mol. The third kappa shape index (κ3) is 6.89. The van der Waals surface area contributed by atoms with Crippen LogP contribution in [0.4, 0.5) is 0 Å². The van der Waals surface area contributed by atoms with Gasteiger partial charge in [0, 0.05) is 11.4 Å². The minimum absolute atomic E-state index is 0.170. The van der Waals surface area contributed by atoms with Gasteiger partial charge in [-0.2, -0.15) is 8.42 Å². The molecule has 8 nitrogen and oxygen atoms in total. The Kier molecular flexibility index (Phi) is 8.51. The molecular formula is C22H27ClO8S. The number of ether oxygens (including phenoxy) is 2.